The van der Waals surface area contributed by atoms with Crippen molar-refractivity contribution in [2.24, 2.45) is 5.92 Å². The molecule has 1 atom stereocenters. The molecule has 0 bridgehead atoms. The SMILES string of the molecule is CCOc1ccc(N2CC(C(=O)Nc3cc(F)ccc3C)CC2=O)cc1. The topological polar surface area (TPSA) is 58.6 Å². The Hall–Kier alpha value is -2.89. The number of nitrogens with zero attached hydrogens (tertiary/aromatic N) is 1. The fourth-order valence-corrected chi connectivity index (χ4v) is 2.99. The molecule has 1 unspecified atom stereocenters. The molecule has 2 amide bonds. The molecule has 2 aromatic rings. The van der Waals surface area contributed by atoms with Crippen LogP contribution in [0, 0.1) is 18.7 Å². The lowest BCUT2D eigenvalue weighted by molar-refractivity contribution is -0.122. The monoisotopic (exact) mass is 356 g/mol. The van der Waals surface area contributed by atoms with Crippen molar-refractivity contribution in [3.05, 3.63) is 53.8 Å². The normalized spacial score (nSPS) is 16.7. The van der Waals surface area contributed by atoms with Crippen LogP contribution >= 0.6 is 0 Å². The maximum atomic E-state index is 13.4. The molecule has 1 heterocycles. The number of carbonyl (C=O) groups excluding carboxylic acids is 2. The van der Waals surface area contributed by atoms with Gasteiger partial charge in [-0.25, -0.2) is 4.39 Å². The van der Waals surface area contributed by atoms with Gasteiger partial charge >= 0.3 is 0 Å². The fourth-order valence-electron chi connectivity index (χ4n) is 2.99. The molecule has 1 N–H and O–H groups in total. The van der Waals surface area contributed by atoms with Gasteiger partial charge in [-0.05, 0) is 55.8 Å². The number of hydrogen-bond acceptors (Lipinski definition) is 3. The lowest BCUT2D eigenvalue weighted by Gasteiger charge is -2.17. The number of hydrogen-bond donors (Lipinski definition) is 1. The molecule has 136 valence electrons. The number of anilines is 2. The molecule has 3 rings (SSSR count). The molecular weight excluding hydrogens is 335 g/mol. The zero-order valence-corrected chi connectivity index (χ0v) is 14.8. The van der Waals surface area contributed by atoms with Gasteiger partial charge in [0.2, 0.25) is 11.8 Å². The molecule has 6 heteroatoms. The molecule has 0 saturated carbocycles. The predicted molar refractivity (Wildman–Crippen MR) is 97.8 cm³/mol. The van der Waals surface area contributed by atoms with Crippen LogP contribution in [0.4, 0.5) is 15.8 Å². The second-order valence-electron chi connectivity index (χ2n) is 6.28. The van der Waals surface area contributed by atoms with Crippen LogP contribution in [0.15, 0.2) is 42.5 Å². The van der Waals surface area contributed by atoms with Gasteiger partial charge in [-0.3, -0.25) is 9.59 Å². The minimum absolute atomic E-state index is 0.106. The summed E-state index contributed by atoms with van der Waals surface area (Å²) in [6.45, 7) is 4.57. The summed E-state index contributed by atoms with van der Waals surface area (Å²) in [5.41, 5.74) is 1.94. The lowest BCUT2D eigenvalue weighted by Crippen LogP contribution is -2.28. The summed E-state index contributed by atoms with van der Waals surface area (Å²) in [5.74, 6) is -0.536. The van der Waals surface area contributed by atoms with E-state index in [2.05, 4.69) is 5.32 Å². The van der Waals surface area contributed by atoms with E-state index < -0.39 is 11.7 Å². The Kier molecular flexibility index (Phi) is 5.21. The van der Waals surface area contributed by atoms with E-state index in [1.54, 1.807) is 42.2 Å². The maximum Gasteiger partial charge on any atom is 0.229 e. The Balaban J connectivity index is 1.68. The van der Waals surface area contributed by atoms with E-state index in [0.29, 0.717) is 18.8 Å². The van der Waals surface area contributed by atoms with Gasteiger partial charge in [0.1, 0.15) is 11.6 Å². The Bertz CT molecular complexity index is 820. The third-order valence-corrected chi connectivity index (χ3v) is 4.41. The summed E-state index contributed by atoms with van der Waals surface area (Å²) in [5, 5.41) is 2.73. The van der Waals surface area contributed by atoms with Crippen molar-refractivity contribution < 1.29 is 18.7 Å². The lowest BCUT2D eigenvalue weighted by atomic mass is 10.1. The number of nitrogens with one attached hydrogen (secondary N) is 1. The van der Waals surface area contributed by atoms with Gasteiger partial charge in [-0.2, -0.15) is 0 Å². The highest BCUT2D eigenvalue weighted by atomic mass is 19.1. The standard InChI is InChI=1S/C20H21FN2O3/c1-3-26-17-8-6-16(7-9-17)23-12-14(10-19(23)24)20(25)22-18-11-15(21)5-4-13(18)2/h4-9,11,14H,3,10,12H2,1-2H3,(H,22,25). The first kappa shape index (κ1) is 17.9. The van der Waals surface area contributed by atoms with Crippen LogP contribution in [0.5, 0.6) is 5.75 Å². The highest BCUT2D eigenvalue weighted by molar-refractivity contribution is 6.03. The van der Waals surface area contributed by atoms with Crippen molar-refractivity contribution in [2.45, 2.75) is 20.3 Å². The summed E-state index contributed by atoms with van der Waals surface area (Å²) < 4.78 is 18.8. The molecule has 1 fully saturated rings. The fraction of sp³-hybridized carbons (Fsp3) is 0.300. The summed E-state index contributed by atoms with van der Waals surface area (Å²) in [6.07, 6.45) is 0.132. The molecule has 0 radical (unpaired) electrons. The van der Waals surface area contributed by atoms with Crippen LogP contribution in [0.2, 0.25) is 0 Å². The number of rotatable bonds is 5. The van der Waals surface area contributed by atoms with E-state index in [-0.39, 0.29) is 18.2 Å². The van der Waals surface area contributed by atoms with Crippen LogP contribution in [-0.2, 0) is 9.59 Å². The minimum atomic E-state index is -0.475. The summed E-state index contributed by atoms with van der Waals surface area (Å²) in [6, 6.07) is 11.5. The van der Waals surface area contributed by atoms with Crippen molar-refractivity contribution in [2.75, 3.05) is 23.4 Å². The molecule has 1 aliphatic rings. The number of ether oxygens (including phenoxy) is 1. The maximum absolute atomic E-state index is 13.4. The average Bonchev–Trinajstić information content (AvgIpc) is 3.01. The van der Waals surface area contributed by atoms with Gasteiger partial charge in [0, 0.05) is 24.3 Å². The number of amides is 2. The number of carbonyl (C=O) groups is 2. The predicted octanol–water partition coefficient (Wildman–Crippen LogP) is 3.52. The summed E-state index contributed by atoms with van der Waals surface area (Å²) in [4.78, 5) is 26.4. The van der Waals surface area contributed by atoms with Crippen molar-refractivity contribution in [1.82, 2.24) is 0 Å². The van der Waals surface area contributed by atoms with Crippen molar-refractivity contribution in [3.8, 4) is 5.75 Å². The molecule has 0 spiro atoms. The van der Waals surface area contributed by atoms with E-state index in [9.17, 15) is 14.0 Å². The highest BCUT2D eigenvalue weighted by Crippen LogP contribution is 2.28. The molecule has 1 saturated heterocycles. The number of halogens is 1. The average molecular weight is 356 g/mol. The van der Waals surface area contributed by atoms with E-state index in [0.717, 1.165) is 17.0 Å². The summed E-state index contributed by atoms with van der Waals surface area (Å²) in [7, 11) is 0. The third kappa shape index (κ3) is 3.85. The summed E-state index contributed by atoms with van der Waals surface area (Å²) >= 11 is 0. The van der Waals surface area contributed by atoms with E-state index in [1.807, 2.05) is 6.92 Å². The molecule has 0 aromatic heterocycles. The van der Waals surface area contributed by atoms with Crippen LogP contribution in [-0.4, -0.2) is 25.0 Å². The van der Waals surface area contributed by atoms with Crippen LogP contribution < -0.4 is 15.0 Å². The van der Waals surface area contributed by atoms with Gasteiger partial charge in [-0.15, -0.1) is 0 Å². The molecular formula is C20H21FN2O3. The molecule has 26 heavy (non-hydrogen) atoms. The van der Waals surface area contributed by atoms with Crippen LogP contribution in [0.25, 0.3) is 0 Å². The molecule has 2 aromatic carbocycles. The Labute approximate surface area is 151 Å². The Morgan fingerprint density at radius 2 is 2.00 bits per heavy atom. The Morgan fingerprint density at radius 3 is 2.69 bits per heavy atom. The van der Waals surface area contributed by atoms with Gasteiger partial charge in [-0.1, -0.05) is 6.07 Å². The zero-order chi connectivity index (χ0) is 18.7. The zero-order valence-electron chi connectivity index (χ0n) is 14.8. The molecule has 0 aliphatic carbocycles. The van der Waals surface area contributed by atoms with Gasteiger partial charge in [0.25, 0.3) is 0 Å². The highest BCUT2D eigenvalue weighted by Gasteiger charge is 2.35. The van der Waals surface area contributed by atoms with Crippen molar-refractivity contribution in [3.63, 3.8) is 0 Å². The quantitative estimate of drug-likeness (QED) is 0.892. The first-order valence-corrected chi connectivity index (χ1v) is 8.58. The largest absolute Gasteiger partial charge is 0.494 e. The van der Waals surface area contributed by atoms with E-state index in [4.69, 9.17) is 4.74 Å². The van der Waals surface area contributed by atoms with Crippen LogP contribution in [0.3, 0.4) is 0 Å². The number of benzene rings is 2. The second kappa shape index (κ2) is 7.56. The Morgan fingerprint density at radius 1 is 1.27 bits per heavy atom. The first-order chi connectivity index (χ1) is 12.5. The van der Waals surface area contributed by atoms with E-state index >= 15 is 0 Å². The third-order valence-electron chi connectivity index (χ3n) is 4.41. The molecule has 5 nitrogen and oxygen atoms in total. The first-order valence-electron chi connectivity index (χ1n) is 8.58. The van der Waals surface area contributed by atoms with Gasteiger partial charge in [0.05, 0.1) is 12.5 Å². The van der Waals surface area contributed by atoms with E-state index in [1.165, 1.54) is 12.1 Å². The smallest absolute Gasteiger partial charge is 0.229 e. The molecule has 1 aliphatic heterocycles. The van der Waals surface area contributed by atoms with Gasteiger partial charge < -0.3 is 15.0 Å². The number of aryl methyl sites for hydroxylation is 1. The van der Waals surface area contributed by atoms with Crippen molar-refractivity contribution in [1.29, 1.82) is 0 Å². The van der Waals surface area contributed by atoms with Crippen molar-refractivity contribution >= 4 is 23.2 Å². The van der Waals surface area contributed by atoms with Gasteiger partial charge in [0.15, 0.2) is 0 Å². The van der Waals surface area contributed by atoms with Crippen LogP contribution in [0.1, 0.15) is 18.9 Å². The second-order valence-corrected chi connectivity index (χ2v) is 6.28. The minimum Gasteiger partial charge on any atom is -0.494 e.